The molecule has 0 aromatic carbocycles. The molecule has 1 aromatic heterocycles. The molecule has 0 radical (unpaired) electrons. The van der Waals surface area contributed by atoms with Crippen LogP contribution in [-0.2, 0) is 6.54 Å². The molecule has 6 nitrogen and oxygen atoms in total. The predicted octanol–water partition coefficient (Wildman–Crippen LogP) is 2.95. The third-order valence-electron chi connectivity index (χ3n) is 4.51. The number of alkyl halides is 3. The van der Waals surface area contributed by atoms with Gasteiger partial charge in [-0.15, -0.1) is 24.0 Å². The average Bonchev–Trinajstić information content (AvgIpc) is 3.09. The number of hydrogen-bond donors (Lipinski definition) is 2. The highest BCUT2D eigenvalue weighted by atomic mass is 127. The van der Waals surface area contributed by atoms with E-state index < -0.39 is 12.7 Å². The van der Waals surface area contributed by atoms with Gasteiger partial charge in [-0.2, -0.15) is 18.3 Å². The predicted molar refractivity (Wildman–Crippen MR) is 116 cm³/mol. The van der Waals surface area contributed by atoms with Crippen LogP contribution >= 0.6 is 24.0 Å². The Labute approximate surface area is 182 Å². The number of hydrogen-bond acceptors (Lipinski definition) is 3. The first-order valence-corrected chi connectivity index (χ1v) is 9.51. The molecule has 0 saturated carbocycles. The molecule has 1 saturated heterocycles. The van der Waals surface area contributed by atoms with Crippen LogP contribution in [0, 0.1) is 19.8 Å². The Morgan fingerprint density at radius 1 is 1.39 bits per heavy atom. The summed E-state index contributed by atoms with van der Waals surface area (Å²) in [7, 11) is 0. The second kappa shape index (κ2) is 11.2. The topological polar surface area (TPSA) is 57.5 Å². The van der Waals surface area contributed by atoms with Gasteiger partial charge in [-0.3, -0.25) is 14.6 Å². The maximum atomic E-state index is 12.5. The summed E-state index contributed by atoms with van der Waals surface area (Å²) in [6.07, 6.45) is -3.46. The minimum atomic E-state index is -4.15. The maximum absolute atomic E-state index is 12.5. The third kappa shape index (κ3) is 8.54. The molecule has 1 fully saturated rings. The van der Waals surface area contributed by atoms with Gasteiger partial charge in [0.05, 0.1) is 12.2 Å². The van der Waals surface area contributed by atoms with Crippen molar-refractivity contribution in [1.29, 1.82) is 0 Å². The Morgan fingerprint density at radius 2 is 2.11 bits per heavy atom. The van der Waals surface area contributed by atoms with Crippen LogP contribution in [0.2, 0.25) is 0 Å². The van der Waals surface area contributed by atoms with Gasteiger partial charge in [-0.05, 0) is 39.2 Å². The molecule has 0 aliphatic carbocycles. The molecular weight excluding hydrogens is 484 g/mol. The van der Waals surface area contributed by atoms with Crippen molar-refractivity contribution in [3.63, 3.8) is 0 Å². The summed E-state index contributed by atoms with van der Waals surface area (Å²) < 4.78 is 39.6. The van der Waals surface area contributed by atoms with Crippen molar-refractivity contribution in [1.82, 2.24) is 25.3 Å². The van der Waals surface area contributed by atoms with E-state index in [9.17, 15) is 13.2 Å². The van der Waals surface area contributed by atoms with E-state index in [0.717, 1.165) is 17.9 Å². The summed E-state index contributed by atoms with van der Waals surface area (Å²) in [5.41, 5.74) is 2.13. The van der Waals surface area contributed by atoms with Crippen LogP contribution in [-0.4, -0.2) is 65.6 Å². The first kappa shape index (κ1) is 25.0. The summed E-state index contributed by atoms with van der Waals surface area (Å²) >= 11 is 0. The number of nitrogens with one attached hydrogen (secondary N) is 2. The van der Waals surface area contributed by atoms with Gasteiger partial charge >= 0.3 is 6.18 Å². The van der Waals surface area contributed by atoms with Gasteiger partial charge in [0.25, 0.3) is 0 Å². The highest BCUT2D eigenvalue weighted by Gasteiger charge is 2.34. The highest BCUT2D eigenvalue weighted by Crippen LogP contribution is 2.19. The summed E-state index contributed by atoms with van der Waals surface area (Å²) in [5, 5.41) is 10.9. The third-order valence-corrected chi connectivity index (χ3v) is 4.51. The van der Waals surface area contributed by atoms with Crippen molar-refractivity contribution in [2.24, 2.45) is 10.9 Å². The molecule has 28 heavy (non-hydrogen) atoms. The van der Waals surface area contributed by atoms with Crippen LogP contribution in [0.25, 0.3) is 0 Å². The number of aliphatic imine (C=N–C) groups is 1. The fraction of sp³-hybridized carbons (Fsp3) is 0.778. The van der Waals surface area contributed by atoms with E-state index >= 15 is 0 Å². The molecule has 2 N–H and O–H groups in total. The maximum Gasteiger partial charge on any atom is 0.401 e. The molecule has 2 rings (SSSR count). The first-order valence-electron chi connectivity index (χ1n) is 9.51. The number of halogens is 4. The molecule has 10 heteroatoms. The van der Waals surface area contributed by atoms with Gasteiger partial charge in [0.15, 0.2) is 5.96 Å². The Kier molecular flexibility index (Phi) is 10.0. The van der Waals surface area contributed by atoms with Crippen LogP contribution in [0.15, 0.2) is 11.1 Å². The lowest BCUT2D eigenvalue weighted by Gasteiger charge is -2.20. The van der Waals surface area contributed by atoms with Crippen molar-refractivity contribution >= 4 is 29.9 Å². The second-order valence-electron chi connectivity index (χ2n) is 7.41. The number of aryl methyl sites for hydroxylation is 2. The van der Waals surface area contributed by atoms with Gasteiger partial charge in [0.2, 0.25) is 0 Å². The van der Waals surface area contributed by atoms with E-state index in [1.807, 2.05) is 25.5 Å². The molecule has 0 spiro atoms. The van der Waals surface area contributed by atoms with Crippen LogP contribution < -0.4 is 10.6 Å². The minimum Gasteiger partial charge on any atom is -0.357 e. The molecule has 162 valence electrons. The van der Waals surface area contributed by atoms with Gasteiger partial charge in [0.1, 0.15) is 0 Å². The number of rotatable bonds is 7. The molecule has 2 heterocycles. The molecule has 0 amide bonds. The zero-order chi connectivity index (χ0) is 20.0. The van der Waals surface area contributed by atoms with E-state index in [0.29, 0.717) is 44.5 Å². The quantitative estimate of drug-likeness (QED) is 0.333. The van der Waals surface area contributed by atoms with Crippen molar-refractivity contribution < 1.29 is 13.2 Å². The van der Waals surface area contributed by atoms with Crippen LogP contribution in [0.3, 0.4) is 0 Å². The molecular formula is C18H32F3IN6. The standard InChI is InChI=1S/C18H31F3N6.HI/c1-5-22-17(24-16-6-7-26(11-16)12-18(19,20)21)23-9-13(2)10-27-15(4)8-14(3)25-27;/h8,13,16H,5-7,9-12H2,1-4H3,(H2,22,23,24);1H. The Morgan fingerprint density at radius 3 is 2.68 bits per heavy atom. The second-order valence-corrected chi connectivity index (χ2v) is 7.41. The van der Waals surface area contributed by atoms with Crippen molar-refractivity contribution in [2.45, 2.75) is 52.9 Å². The van der Waals surface area contributed by atoms with Crippen molar-refractivity contribution in [2.75, 3.05) is 32.7 Å². The molecule has 0 bridgehead atoms. The van der Waals surface area contributed by atoms with E-state index in [1.54, 1.807) is 0 Å². The molecule has 2 unspecified atom stereocenters. The lowest BCUT2D eigenvalue weighted by Crippen LogP contribution is -2.45. The van der Waals surface area contributed by atoms with E-state index in [1.165, 1.54) is 4.90 Å². The van der Waals surface area contributed by atoms with Crippen molar-refractivity contribution in [3.05, 3.63) is 17.5 Å². The number of nitrogens with zero attached hydrogens (tertiary/aromatic N) is 4. The summed E-state index contributed by atoms with van der Waals surface area (Å²) in [6, 6.07) is 2.03. The van der Waals surface area contributed by atoms with Crippen LogP contribution in [0.1, 0.15) is 31.7 Å². The fourth-order valence-corrected chi connectivity index (χ4v) is 3.32. The van der Waals surface area contributed by atoms with Crippen molar-refractivity contribution in [3.8, 4) is 0 Å². The van der Waals surface area contributed by atoms with E-state index in [-0.39, 0.29) is 30.0 Å². The number of likely N-dealkylation sites (tertiary alicyclic amines) is 1. The van der Waals surface area contributed by atoms with Crippen LogP contribution in [0.5, 0.6) is 0 Å². The highest BCUT2D eigenvalue weighted by molar-refractivity contribution is 14.0. The van der Waals surface area contributed by atoms with Gasteiger partial charge in [0, 0.05) is 44.5 Å². The van der Waals surface area contributed by atoms with E-state index in [4.69, 9.17) is 0 Å². The smallest absolute Gasteiger partial charge is 0.357 e. The Bertz CT molecular complexity index is 631. The average molecular weight is 516 g/mol. The number of guanidine groups is 1. The van der Waals surface area contributed by atoms with Gasteiger partial charge in [-0.1, -0.05) is 6.92 Å². The monoisotopic (exact) mass is 516 g/mol. The normalized spacial score (nSPS) is 19.4. The van der Waals surface area contributed by atoms with Gasteiger partial charge in [-0.25, -0.2) is 0 Å². The SMILES string of the molecule is CCNC(=NCC(C)Cn1nc(C)cc1C)NC1CCN(CC(F)(F)F)C1.I. The summed E-state index contributed by atoms with van der Waals surface area (Å²) in [4.78, 5) is 6.06. The lowest BCUT2D eigenvalue weighted by molar-refractivity contribution is -0.143. The minimum absolute atomic E-state index is 0. The zero-order valence-corrected chi connectivity index (χ0v) is 19.3. The first-order chi connectivity index (χ1) is 12.7. The molecule has 1 aliphatic rings. The Hall–Kier alpha value is -1.04. The zero-order valence-electron chi connectivity index (χ0n) is 17.0. The lowest BCUT2D eigenvalue weighted by atomic mass is 10.2. The molecule has 2 atom stereocenters. The van der Waals surface area contributed by atoms with Crippen LogP contribution in [0.4, 0.5) is 13.2 Å². The van der Waals surface area contributed by atoms with E-state index in [2.05, 4.69) is 33.7 Å². The summed E-state index contributed by atoms with van der Waals surface area (Å²) in [5.74, 6) is 0.959. The number of aromatic nitrogens is 2. The van der Waals surface area contributed by atoms with Gasteiger partial charge < -0.3 is 10.6 Å². The Balaban J connectivity index is 0.00000392. The fourth-order valence-electron chi connectivity index (χ4n) is 3.32. The largest absolute Gasteiger partial charge is 0.401 e. The summed E-state index contributed by atoms with van der Waals surface area (Å²) in [6.45, 7) is 10.2. The molecule has 1 aromatic rings. The molecule has 1 aliphatic heterocycles.